The molecule has 3 heterocycles. The van der Waals surface area contributed by atoms with Gasteiger partial charge in [-0.3, -0.25) is 0 Å². The van der Waals surface area contributed by atoms with E-state index in [1.165, 1.54) is 6.20 Å². The van der Waals surface area contributed by atoms with E-state index in [1.54, 1.807) is 54.0 Å². The summed E-state index contributed by atoms with van der Waals surface area (Å²) >= 11 is 0. The van der Waals surface area contributed by atoms with Crippen LogP contribution in [0.2, 0.25) is 0 Å². The molecule has 2 aromatic heterocycles. The van der Waals surface area contributed by atoms with Gasteiger partial charge in [-0.1, -0.05) is 12.1 Å². The Hall–Kier alpha value is -4.60. The van der Waals surface area contributed by atoms with E-state index in [-0.39, 0.29) is 19.0 Å². The number of hydrogen-bond acceptors (Lipinski definition) is 7. The van der Waals surface area contributed by atoms with Crippen LogP contribution in [0, 0.1) is 0 Å². The highest BCUT2D eigenvalue weighted by molar-refractivity contribution is 6.00. The van der Waals surface area contributed by atoms with Gasteiger partial charge in [0, 0.05) is 29.2 Å². The van der Waals surface area contributed by atoms with Gasteiger partial charge in [0.05, 0.1) is 18.5 Å². The van der Waals surface area contributed by atoms with Crippen molar-refractivity contribution in [3.8, 4) is 22.8 Å². The minimum atomic E-state index is -0.479. The lowest BCUT2D eigenvalue weighted by molar-refractivity contribution is 0.0528. The van der Waals surface area contributed by atoms with Crippen molar-refractivity contribution in [3.63, 3.8) is 0 Å². The zero-order chi connectivity index (χ0) is 22.8. The molecule has 0 saturated carbocycles. The molecule has 0 radical (unpaired) electrons. The summed E-state index contributed by atoms with van der Waals surface area (Å²) in [4.78, 5) is 29.0. The second-order valence-electron chi connectivity index (χ2n) is 7.07. The van der Waals surface area contributed by atoms with Crippen molar-refractivity contribution in [2.45, 2.75) is 6.92 Å². The van der Waals surface area contributed by atoms with Crippen LogP contribution in [-0.4, -0.2) is 40.0 Å². The van der Waals surface area contributed by atoms with Gasteiger partial charge in [-0.25, -0.2) is 19.1 Å². The molecule has 10 heteroatoms. The SMILES string of the molecule is CCOC(=O)c1cnn2c(-c3cccc(NC(=O)Nc4ccc5c(c4)OCO5)c3)ccnc12. The van der Waals surface area contributed by atoms with Crippen molar-refractivity contribution < 1.29 is 23.8 Å². The van der Waals surface area contributed by atoms with E-state index in [0.717, 1.165) is 5.56 Å². The monoisotopic (exact) mass is 445 g/mol. The van der Waals surface area contributed by atoms with Crippen LogP contribution in [0.5, 0.6) is 11.5 Å². The zero-order valence-electron chi connectivity index (χ0n) is 17.6. The van der Waals surface area contributed by atoms with Crippen LogP contribution in [0.1, 0.15) is 17.3 Å². The lowest BCUT2D eigenvalue weighted by Crippen LogP contribution is -2.19. The van der Waals surface area contributed by atoms with E-state index in [4.69, 9.17) is 14.2 Å². The van der Waals surface area contributed by atoms with Gasteiger partial charge in [0.1, 0.15) is 5.56 Å². The zero-order valence-corrected chi connectivity index (χ0v) is 17.6. The normalized spacial score (nSPS) is 11.9. The second kappa shape index (κ2) is 8.50. The van der Waals surface area contributed by atoms with E-state index in [0.29, 0.717) is 34.2 Å². The molecule has 0 fully saturated rings. The lowest BCUT2D eigenvalue weighted by Gasteiger charge is -2.10. The molecule has 33 heavy (non-hydrogen) atoms. The summed E-state index contributed by atoms with van der Waals surface area (Å²) in [7, 11) is 0. The Kier molecular flexibility index (Phi) is 5.23. The summed E-state index contributed by atoms with van der Waals surface area (Å²) in [5.41, 5.74) is 3.32. The highest BCUT2D eigenvalue weighted by atomic mass is 16.7. The maximum atomic E-state index is 12.5. The van der Waals surface area contributed by atoms with Gasteiger partial charge < -0.3 is 24.8 Å². The van der Waals surface area contributed by atoms with Crippen molar-refractivity contribution in [3.05, 3.63) is 66.5 Å². The van der Waals surface area contributed by atoms with Gasteiger partial charge in [0.25, 0.3) is 0 Å². The fraction of sp³-hybridized carbons (Fsp3) is 0.130. The quantitative estimate of drug-likeness (QED) is 0.447. The summed E-state index contributed by atoms with van der Waals surface area (Å²) in [6.45, 7) is 2.17. The lowest BCUT2D eigenvalue weighted by atomic mass is 10.1. The van der Waals surface area contributed by atoms with Crippen molar-refractivity contribution >= 4 is 29.0 Å². The molecule has 166 valence electrons. The Morgan fingerprint density at radius 3 is 2.73 bits per heavy atom. The molecule has 0 bridgehead atoms. The summed E-state index contributed by atoms with van der Waals surface area (Å²) in [5.74, 6) is 0.743. The smallest absolute Gasteiger partial charge is 0.343 e. The summed E-state index contributed by atoms with van der Waals surface area (Å²) in [6.07, 6.45) is 3.03. The van der Waals surface area contributed by atoms with Gasteiger partial charge in [0.15, 0.2) is 17.1 Å². The summed E-state index contributed by atoms with van der Waals surface area (Å²) in [6, 6.07) is 13.8. The third kappa shape index (κ3) is 4.01. The Bertz CT molecular complexity index is 1370. The average molecular weight is 445 g/mol. The molecule has 10 nitrogen and oxygen atoms in total. The third-order valence-corrected chi connectivity index (χ3v) is 4.94. The first-order valence-electron chi connectivity index (χ1n) is 10.2. The van der Waals surface area contributed by atoms with Crippen molar-refractivity contribution in [1.82, 2.24) is 14.6 Å². The molecule has 2 N–H and O–H groups in total. The van der Waals surface area contributed by atoms with Crippen LogP contribution in [0.3, 0.4) is 0 Å². The molecule has 1 aliphatic heterocycles. The molecule has 0 spiro atoms. The summed E-state index contributed by atoms with van der Waals surface area (Å²) in [5, 5.41) is 9.89. The number of carbonyl (C=O) groups is 2. The van der Waals surface area contributed by atoms with Gasteiger partial charge in [0.2, 0.25) is 6.79 Å². The number of carbonyl (C=O) groups excluding carboxylic acids is 2. The fourth-order valence-corrected chi connectivity index (χ4v) is 3.49. The number of hydrogen-bond donors (Lipinski definition) is 2. The molecule has 2 amide bonds. The Morgan fingerprint density at radius 2 is 1.88 bits per heavy atom. The molecular formula is C23H19N5O5. The standard InChI is InChI=1S/C23H19N5O5/c1-2-31-22(29)17-12-25-28-18(8-9-24-21(17)28)14-4-3-5-15(10-14)26-23(30)27-16-6-7-19-20(11-16)33-13-32-19/h3-12H,2,13H2,1H3,(H2,26,27,30). The van der Waals surface area contributed by atoms with Crippen molar-refractivity contribution in [1.29, 1.82) is 0 Å². The Labute approximate surface area is 188 Å². The number of amides is 2. The summed E-state index contributed by atoms with van der Waals surface area (Å²) < 4.78 is 17.3. The molecule has 5 rings (SSSR count). The second-order valence-corrected chi connectivity index (χ2v) is 7.07. The largest absolute Gasteiger partial charge is 0.462 e. The minimum absolute atomic E-state index is 0.164. The Morgan fingerprint density at radius 1 is 1.06 bits per heavy atom. The number of aromatic nitrogens is 3. The molecule has 0 aliphatic carbocycles. The van der Waals surface area contributed by atoms with E-state index >= 15 is 0 Å². The highest BCUT2D eigenvalue weighted by Gasteiger charge is 2.18. The predicted molar refractivity (Wildman–Crippen MR) is 120 cm³/mol. The maximum Gasteiger partial charge on any atom is 0.343 e. The molecule has 4 aromatic rings. The van der Waals surface area contributed by atoms with Crippen LogP contribution >= 0.6 is 0 Å². The fourth-order valence-electron chi connectivity index (χ4n) is 3.49. The first-order valence-corrected chi connectivity index (χ1v) is 10.2. The first-order chi connectivity index (χ1) is 16.1. The van der Waals surface area contributed by atoms with Crippen LogP contribution < -0.4 is 20.1 Å². The van der Waals surface area contributed by atoms with Crippen LogP contribution in [0.25, 0.3) is 16.9 Å². The van der Waals surface area contributed by atoms with Crippen LogP contribution in [0.15, 0.2) is 60.9 Å². The number of nitrogens with zero attached hydrogens (tertiary/aromatic N) is 3. The number of rotatable bonds is 5. The number of fused-ring (bicyclic) bond motifs is 2. The topological polar surface area (TPSA) is 116 Å². The number of urea groups is 1. The molecule has 0 atom stereocenters. The minimum Gasteiger partial charge on any atom is -0.462 e. The number of benzene rings is 2. The highest BCUT2D eigenvalue weighted by Crippen LogP contribution is 2.34. The van der Waals surface area contributed by atoms with Gasteiger partial charge >= 0.3 is 12.0 Å². The van der Waals surface area contributed by atoms with E-state index in [1.807, 2.05) is 12.1 Å². The van der Waals surface area contributed by atoms with E-state index in [2.05, 4.69) is 20.7 Å². The number of esters is 1. The molecule has 2 aromatic carbocycles. The van der Waals surface area contributed by atoms with Gasteiger partial charge in [-0.2, -0.15) is 5.10 Å². The third-order valence-electron chi connectivity index (χ3n) is 4.94. The Balaban J connectivity index is 1.36. The van der Waals surface area contributed by atoms with Crippen molar-refractivity contribution in [2.24, 2.45) is 0 Å². The van der Waals surface area contributed by atoms with Gasteiger partial charge in [-0.05, 0) is 37.3 Å². The number of anilines is 2. The van der Waals surface area contributed by atoms with Crippen LogP contribution in [-0.2, 0) is 4.74 Å². The van der Waals surface area contributed by atoms with Crippen molar-refractivity contribution in [2.75, 3.05) is 24.0 Å². The van der Waals surface area contributed by atoms with E-state index < -0.39 is 12.0 Å². The molecule has 0 unspecified atom stereocenters. The number of nitrogens with one attached hydrogen (secondary N) is 2. The average Bonchev–Trinajstić information content (AvgIpc) is 3.46. The molecular weight excluding hydrogens is 426 g/mol. The first kappa shape index (κ1) is 20.3. The predicted octanol–water partition coefficient (Wildman–Crippen LogP) is 3.95. The number of ether oxygens (including phenoxy) is 3. The van der Waals surface area contributed by atoms with E-state index in [9.17, 15) is 9.59 Å². The maximum absolute atomic E-state index is 12.5. The molecule has 1 aliphatic rings. The van der Waals surface area contributed by atoms with Crippen LogP contribution in [0.4, 0.5) is 16.2 Å². The van der Waals surface area contributed by atoms with Gasteiger partial charge in [-0.15, -0.1) is 0 Å². The molecule has 0 saturated heterocycles.